The summed E-state index contributed by atoms with van der Waals surface area (Å²) in [6, 6.07) is 4.67. The quantitative estimate of drug-likeness (QED) is 0.845. The van der Waals surface area contributed by atoms with E-state index in [9.17, 15) is 13.2 Å². The molecule has 0 aromatic heterocycles. The van der Waals surface area contributed by atoms with E-state index in [-0.39, 0.29) is 16.4 Å². The van der Waals surface area contributed by atoms with Gasteiger partial charge in [0.15, 0.2) is 9.84 Å². The van der Waals surface area contributed by atoms with E-state index >= 15 is 0 Å². The molecular weight excluding hydrogens is 316 g/mol. The molecule has 1 aromatic carbocycles. The third-order valence-corrected chi connectivity index (χ3v) is 5.36. The zero-order chi connectivity index (χ0) is 17.0. The smallest absolute Gasteiger partial charge is 0.255 e. The van der Waals surface area contributed by atoms with E-state index in [1.165, 1.54) is 25.3 Å². The minimum atomic E-state index is -3.37. The predicted molar refractivity (Wildman–Crippen MR) is 88.7 cm³/mol. The van der Waals surface area contributed by atoms with Crippen molar-refractivity contribution in [1.29, 1.82) is 0 Å². The summed E-state index contributed by atoms with van der Waals surface area (Å²) in [5.41, 5.74) is 0.247. The van der Waals surface area contributed by atoms with Crippen molar-refractivity contribution in [2.45, 2.75) is 30.7 Å². The van der Waals surface area contributed by atoms with Gasteiger partial charge in [-0.25, -0.2) is 8.42 Å². The summed E-state index contributed by atoms with van der Waals surface area (Å²) < 4.78 is 28.5. The predicted octanol–water partition coefficient (Wildman–Crippen LogP) is 1.31. The van der Waals surface area contributed by atoms with Crippen molar-refractivity contribution >= 4 is 15.7 Å². The number of likely N-dealkylation sites (N-methyl/N-ethyl adjacent to an activating group) is 1. The Morgan fingerprint density at radius 2 is 2.17 bits per heavy atom. The van der Waals surface area contributed by atoms with Crippen LogP contribution in [-0.2, 0) is 9.84 Å². The number of carbonyl (C=O) groups excluding carboxylic acids is 1. The normalized spacial score (nSPS) is 18.8. The van der Waals surface area contributed by atoms with Crippen molar-refractivity contribution in [2.75, 3.05) is 33.0 Å². The van der Waals surface area contributed by atoms with E-state index in [1.807, 2.05) is 0 Å². The highest BCUT2D eigenvalue weighted by molar-refractivity contribution is 7.90. The van der Waals surface area contributed by atoms with Crippen LogP contribution in [0.1, 0.15) is 30.1 Å². The van der Waals surface area contributed by atoms with E-state index in [1.54, 1.807) is 0 Å². The van der Waals surface area contributed by atoms with E-state index < -0.39 is 9.84 Å². The lowest BCUT2D eigenvalue weighted by Crippen LogP contribution is -2.40. The molecule has 1 heterocycles. The molecular formula is C16H24N2O4S. The lowest BCUT2D eigenvalue weighted by atomic mass is 10.1. The van der Waals surface area contributed by atoms with Gasteiger partial charge in [-0.1, -0.05) is 6.92 Å². The minimum Gasteiger partial charge on any atom is -0.496 e. The molecule has 7 heteroatoms. The standard InChI is InChI=1S/C16H24N2O4S/c1-4-18-9-5-6-12(18)11-17-16(19)14-10-13(23(3,20)21)7-8-15(14)22-2/h7-8,10,12H,4-6,9,11H2,1-3H3,(H,17,19). The number of amides is 1. The second-order valence-corrected chi connectivity index (χ2v) is 7.78. The van der Waals surface area contributed by atoms with Gasteiger partial charge in [0.05, 0.1) is 17.6 Å². The Kier molecular flexibility index (Phi) is 5.64. The molecule has 1 unspecified atom stereocenters. The van der Waals surface area contributed by atoms with E-state index in [0.29, 0.717) is 18.3 Å². The first-order valence-electron chi connectivity index (χ1n) is 7.77. The molecule has 2 rings (SSSR count). The van der Waals surface area contributed by atoms with Gasteiger partial charge in [0, 0.05) is 18.8 Å². The first-order chi connectivity index (χ1) is 10.9. The van der Waals surface area contributed by atoms with E-state index in [0.717, 1.165) is 32.2 Å². The lowest BCUT2D eigenvalue weighted by molar-refractivity contribution is 0.0938. The highest BCUT2D eigenvalue weighted by Crippen LogP contribution is 2.23. The second kappa shape index (κ2) is 7.31. The average molecular weight is 340 g/mol. The fourth-order valence-electron chi connectivity index (χ4n) is 2.94. The molecule has 23 heavy (non-hydrogen) atoms. The maximum atomic E-state index is 12.5. The second-order valence-electron chi connectivity index (χ2n) is 5.77. The fourth-order valence-corrected chi connectivity index (χ4v) is 3.59. The molecule has 1 aliphatic heterocycles. The van der Waals surface area contributed by atoms with Crippen LogP contribution in [0.4, 0.5) is 0 Å². The minimum absolute atomic E-state index is 0.111. The van der Waals surface area contributed by atoms with Gasteiger partial charge >= 0.3 is 0 Å². The Balaban J connectivity index is 2.14. The zero-order valence-electron chi connectivity index (χ0n) is 13.8. The number of methoxy groups -OCH3 is 1. The molecule has 0 aliphatic carbocycles. The molecule has 1 N–H and O–H groups in total. The van der Waals surface area contributed by atoms with Crippen molar-refractivity contribution in [1.82, 2.24) is 10.2 Å². The highest BCUT2D eigenvalue weighted by Gasteiger charge is 2.24. The Hall–Kier alpha value is -1.60. The summed E-state index contributed by atoms with van der Waals surface area (Å²) in [7, 11) is -1.91. The Bertz CT molecular complexity index is 673. The number of benzene rings is 1. The van der Waals surface area contributed by atoms with Crippen LogP contribution in [-0.4, -0.2) is 58.3 Å². The third kappa shape index (κ3) is 4.23. The molecule has 1 aromatic rings. The van der Waals surface area contributed by atoms with Gasteiger partial charge in [0.1, 0.15) is 5.75 Å². The number of ether oxygens (including phenoxy) is 1. The molecule has 1 saturated heterocycles. The molecule has 128 valence electrons. The van der Waals surface area contributed by atoms with Crippen LogP contribution in [0.5, 0.6) is 5.75 Å². The summed E-state index contributed by atoms with van der Waals surface area (Å²) in [5.74, 6) is 0.0592. The largest absolute Gasteiger partial charge is 0.496 e. The summed E-state index contributed by atoms with van der Waals surface area (Å²) in [4.78, 5) is 14.9. The van der Waals surface area contributed by atoms with Gasteiger partial charge < -0.3 is 10.1 Å². The molecule has 0 bridgehead atoms. The maximum absolute atomic E-state index is 12.5. The van der Waals surface area contributed by atoms with Crippen LogP contribution in [0.25, 0.3) is 0 Å². The van der Waals surface area contributed by atoms with Crippen LogP contribution in [0.2, 0.25) is 0 Å². The number of nitrogens with one attached hydrogen (secondary N) is 1. The summed E-state index contributed by atoms with van der Waals surface area (Å²) in [6.45, 7) is 4.69. The molecule has 1 amide bonds. The Labute approximate surface area is 137 Å². The van der Waals surface area contributed by atoms with E-state index in [4.69, 9.17) is 4.74 Å². The number of nitrogens with zero attached hydrogens (tertiary/aromatic N) is 1. The number of hydrogen-bond acceptors (Lipinski definition) is 5. The first kappa shape index (κ1) is 17.7. The SMILES string of the molecule is CCN1CCCC1CNC(=O)c1cc(S(C)(=O)=O)ccc1OC. The summed E-state index contributed by atoms with van der Waals surface area (Å²) in [6.07, 6.45) is 3.32. The van der Waals surface area contributed by atoms with Crippen molar-refractivity contribution in [2.24, 2.45) is 0 Å². The van der Waals surface area contributed by atoms with Crippen LogP contribution < -0.4 is 10.1 Å². The highest BCUT2D eigenvalue weighted by atomic mass is 32.2. The molecule has 0 saturated carbocycles. The van der Waals surface area contributed by atoms with Gasteiger partial charge in [-0.2, -0.15) is 0 Å². The van der Waals surface area contributed by atoms with Crippen molar-refractivity contribution in [3.8, 4) is 5.75 Å². The monoisotopic (exact) mass is 340 g/mol. The molecule has 1 fully saturated rings. The first-order valence-corrected chi connectivity index (χ1v) is 9.66. The molecule has 1 aliphatic rings. The Morgan fingerprint density at radius 3 is 2.78 bits per heavy atom. The van der Waals surface area contributed by atoms with Crippen LogP contribution >= 0.6 is 0 Å². The Morgan fingerprint density at radius 1 is 1.43 bits per heavy atom. The molecule has 6 nitrogen and oxygen atoms in total. The lowest BCUT2D eigenvalue weighted by Gasteiger charge is -2.23. The summed E-state index contributed by atoms with van der Waals surface area (Å²) in [5, 5.41) is 2.90. The van der Waals surface area contributed by atoms with Crippen LogP contribution in [0, 0.1) is 0 Å². The van der Waals surface area contributed by atoms with Gasteiger partial charge in [0.25, 0.3) is 5.91 Å². The van der Waals surface area contributed by atoms with Crippen molar-refractivity contribution in [3.05, 3.63) is 23.8 Å². The van der Waals surface area contributed by atoms with Crippen LogP contribution in [0.15, 0.2) is 23.1 Å². The van der Waals surface area contributed by atoms with Crippen molar-refractivity contribution in [3.63, 3.8) is 0 Å². The molecule has 0 radical (unpaired) electrons. The molecule has 1 atom stereocenters. The number of likely N-dealkylation sites (tertiary alicyclic amines) is 1. The van der Waals surface area contributed by atoms with Crippen molar-refractivity contribution < 1.29 is 17.9 Å². The summed E-state index contributed by atoms with van der Waals surface area (Å²) >= 11 is 0. The van der Waals surface area contributed by atoms with Gasteiger partial charge in [0.2, 0.25) is 0 Å². The average Bonchev–Trinajstić information content (AvgIpc) is 2.98. The zero-order valence-corrected chi connectivity index (χ0v) is 14.6. The number of carbonyl (C=O) groups is 1. The van der Waals surface area contributed by atoms with Gasteiger partial charge in [-0.05, 0) is 44.1 Å². The van der Waals surface area contributed by atoms with E-state index in [2.05, 4.69) is 17.1 Å². The number of rotatable bonds is 6. The van der Waals surface area contributed by atoms with Gasteiger partial charge in [-0.3, -0.25) is 9.69 Å². The third-order valence-electron chi connectivity index (χ3n) is 4.25. The van der Waals surface area contributed by atoms with Crippen LogP contribution in [0.3, 0.4) is 0 Å². The topological polar surface area (TPSA) is 75.7 Å². The number of sulfone groups is 1. The van der Waals surface area contributed by atoms with Gasteiger partial charge in [-0.15, -0.1) is 0 Å². The fraction of sp³-hybridized carbons (Fsp3) is 0.562. The number of hydrogen-bond donors (Lipinski definition) is 1. The molecule has 0 spiro atoms. The maximum Gasteiger partial charge on any atom is 0.255 e.